The van der Waals surface area contributed by atoms with Crippen LogP contribution in [-0.2, 0) is 23.7 Å². The third-order valence-electron chi connectivity index (χ3n) is 4.62. The smallest absolute Gasteiger partial charge is 0.183 e. The highest BCUT2D eigenvalue weighted by Gasteiger charge is 2.41. The number of aliphatic hydroxyl groups is 1. The molecule has 1 rings (SSSR count). The van der Waals surface area contributed by atoms with Gasteiger partial charge in [0.1, 0.15) is 18.3 Å². The third-order valence-corrected chi connectivity index (χ3v) is 4.62. The van der Waals surface area contributed by atoms with Crippen molar-refractivity contribution in [1.82, 2.24) is 0 Å². The van der Waals surface area contributed by atoms with Gasteiger partial charge in [-0.15, -0.1) is 0 Å². The van der Waals surface area contributed by atoms with Crippen molar-refractivity contribution in [2.45, 2.75) is 96.4 Å². The summed E-state index contributed by atoms with van der Waals surface area (Å²) in [5.41, 5.74) is 0. The molecule has 0 aromatic rings. The van der Waals surface area contributed by atoms with Crippen LogP contribution in [0.1, 0.15) is 65.7 Å². The Morgan fingerprint density at radius 2 is 1.54 bits per heavy atom. The van der Waals surface area contributed by atoms with E-state index in [1.165, 1.54) is 0 Å². The maximum Gasteiger partial charge on any atom is 0.183 e. The van der Waals surface area contributed by atoms with Gasteiger partial charge in [-0.1, -0.05) is 40.0 Å². The lowest BCUT2D eigenvalue weighted by Gasteiger charge is -2.31. The second-order valence-corrected chi connectivity index (χ2v) is 6.96. The largest absolute Gasteiger partial charge is 0.388 e. The number of rotatable bonds is 14. The predicted molar refractivity (Wildman–Crippen MR) is 101 cm³/mol. The van der Waals surface area contributed by atoms with Crippen LogP contribution in [0.15, 0.2) is 0 Å². The van der Waals surface area contributed by atoms with Crippen molar-refractivity contribution in [1.29, 1.82) is 0 Å². The zero-order valence-electron chi connectivity index (χ0n) is 17.2. The molecule has 0 saturated carbocycles. The molecule has 0 aromatic heterocycles. The fourth-order valence-electron chi connectivity index (χ4n) is 2.98. The van der Waals surface area contributed by atoms with E-state index in [0.717, 1.165) is 38.5 Å². The van der Waals surface area contributed by atoms with Crippen molar-refractivity contribution in [3.05, 3.63) is 0 Å². The van der Waals surface area contributed by atoms with Crippen molar-refractivity contribution >= 4 is 0 Å². The average Bonchev–Trinajstić information content (AvgIpc) is 2.76. The molecule has 1 N–H and O–H groups in total. The first kappa shape index (κ1) is 23.8. The first-order valence-electron chi connectivity index (χ1n) is 10.3. The minimum atomic E-state index is -0.746. The summed E-state index contributed by atoms with van der Waals surface area (Å²) in [5, 5.41) is 10.5. The summed E-state index contributed by atoms with van der Waals surface area (Å²) in [6, 6.07) is 0. The zero-order valence-corrected chi connectivity index (χ0v) is 17.2. The number of hydrogen-bond acceptors (Lipinski definition) is 6. The lowest BCUT2D eigenvalue weighted by atomic mass is 10.0. The molecule has 0 aliphatic carbocycles. The Morgan fingerprint density at radius 1 is 0.923 bits per heavy atom. The predicted octanol–water partition coefficient (Wildman–Crippen LogP) is 3.30. The third kappa shape index (κ3) is 8.63. The van der Waals surface area contributed by atoms with E-state index in [2.05, 4.69) is 20.8 Å². The summed E-state index contributed by atoms with van der Waals surface area (Å²) in [5.74, 6) is 0. The number of aliphatic hydroxyl groups excluding tert-OH is 1. The van der Waals surface area contributed by atoms with E-state index < -0.39 is 12.4 Å². The quantitative estimate of drug-likeness (QED) is 0.469. The first-order chi connectivity index (χ1) is 12.7. The first-order valence-corrected chi connectivity index (χ1v) is 10.3. The molecule has 1 aliphatic heterocycles. The monoisotopic (exact) mass is 376 g/mol. The van der Waals surface area contributed by atoms with Crippen LogP contribution in [0.3, 0.4) is 0 Å². The minimum Gasteiger partial charge on any atom is -0.388 e. The van der Waals surface area contributed by atoms with Gasteiger partial charge in [-0.2, -0.15) is 0 Å². The summed E-state index contributed by atoms with van der Waals surface area (Å²) in [6.45, 7) is 8.82. The standard InChI is InChI=1S/C20H40O6/c1-5-8-11-23-15-18-19(25-13-10-7-3)17(24-12-9-6-2)14-16(21)20(22-4)26-18/h16-21H,5-15H2,1-4H3/t16-,17+,18+,19-,20-/m0/s1. The lowest BCUT2D eigenvalue weighted by Crippen LogP contribution is -2.44. The maximum atomic E-state index is 10.5. The number of unbranched alkanes of at least 4 members (excludes halogenated alkanes) is 3. The molecule has 0 aromatic carbocycles. The molecular formula is C20H40O6. The van der Waals surface area contributed by atoms with E-state index in [1.807, 2.05) is 0 Å². The minimum absolute atomic E-state index is 0.228. The van der Waals surface area contributed by atoms with E-state index in [9.17, 15) is 5.11 Å². The van der Waals surface area contributed by atoms with E-state index in [4.69, 9.17) is 23.7 Å². The van der Waals surface area contributed by atoms with Gasteiger partial charge < -0.3 is 28.8 Å². The number of ether oxygens (including phenoxy) is 5. The van der Waals surface area contributed by atoms with E-state index >= 15 is 0 Å². The van der Waals surface area contributed by atoms with Gasteiger partial charge in [0.05, 0.1) is 12.7 Å². The van der Waals surface area contributed by atoms with Crippen LogP contribution in [-0.4, -0.2) is 69.3 Å². The summed E-state index contributed by atoms with van der Waals surface area (Å²) >= 11 is 0. The molecule has 0 unspecified atom stereocenters. The Bertz CT molecular complexity index is 327. The molecule has 0 spiro atoms. The molecule has 1 fully saturated rings. The van der Waals surface area contributed by atoms with Gasteiger partial charge in [0.25, 0.3) is 0 Å². The van der Waals surface area contributed by atoms with Crippen molar-refractivity contribution in [3.63, 3.8) is 0 Å². The highest BCUT2D eigenvalue weighted by atomic mass is 16.7. The van der Waals surface area contributed by atoms with Crippen LogP contribution >= 0.6 is 0 Å². The molecule has 1 aliphatic rings. The molecule has 0 amide bonds. The number of methoxy groups -OCH3 is 1. The molecule has 5 atom stereocenters. The van der Waals surface area contributed by atoms with E-state index in [0.29, 0.717) is 32.8 Å². The van der Waals surface area contributed by atoms with Gasteiger partial charge in [0.15, 0.2) is 6.29 Å². The van der Waals surface area contributed by atoms with Crippen LogP contribution in [0.4, 0.5) is 0 Å². The molecule has 156 valence electrons. The Hall–Kier alpha value is -0.240. The normalized spacial score (nSPS) is 29.7. The second-order valence-electron chi connectivity index (χ2n) is 6.96. The molecular weight excluding hydrogens is 336 g/mol. The van der Waals surface area contributed by atoms with E-state index in [1.54, 1.807) is 7.11 Å². The van der Waals surface area contributed by atoms with Crippen molar-refractivity contribution in [2.75, 3.05) is 33.5 Å². The van der Waals surface area contributed by atoms with Gasteiger partial charge in [-0.3, -0.25) is 0 Å². The molecule has 0 radical (unpaired) electrons. The van der Waals surface area contributed by atoms with Crippen LogP contribution in [0, 0.1) is 0 Å². The second kappa shape index (κ2) is 14.8. The van der Waals surface area contributed by atoms with Crippen molar-refractivity contribution in [2.24, 2.45) is 0 Å². The Morgan fingerprint density at radius 3 is 2.15 bits per heavy atom. The number of hydrogen-bond donors (Lipinski definition) is 1. The Labute approximate surface area is 159 Å². The van der Waals surface area contributed by atoms with Gasteiger partial charge in [0, 0.05) is 33.4 Å². The van der Waals surface area contributed by atoms with Crippen LogP contribution in [0.2, 0.25) is 0 Å². The van der Waals surface area contributed by atoms with Gasteiger partial charge in [0.2, 0.25) is 0 Å². The van der Waals surface area contributed by atoms with Crippen molar-refractivity contribution in [3.8, 4) is 0 Å². The van der Waals surface area contributed by atoms with E-state index in [-0.39, 0.29) is 18.3 Å². The summed E-state index contributed by atoms with van der Waals surface area (Å²) < 4.78 is 29.4. The Kier molecular flexibility index (Phi) is 13.5. The van der Waals surface area contributed by atoms with Crippen LogP contribution in [0.5, 0.6) is 0 Å². The molecule has 1 saturated heterocycles. The molecule has 0 bridgehead atoms. The summed E-state index contributed by atoms with van der Waals surface area (Å²) in [6.07, 6.45) is 4.39. The van der Waals surface area contributed by atoms with Crippen molar-refractivity contribution < 1.29 is 28.8 Å². The van der Waals surface area contributed by atoms with Crippen LogP contribution < -0.4 is 0 Å². The topological polar surface area (TPSA) is 66.4 Å². The summed E-state index contributed by atoms with van der Waals surface area (Å²) in [4.78, 5) is 0. The fourth-order valence-corrected chi connectivity index (χ4v) is 2.98. The maximum absolute atomic E-state index is 10.5. The lowest BCUT2D eigenvalue weighted by molar-refractivity contribution is -0.223. The molecule has 6 nitrogen and oxygen atoms in total. The average molecular weight is 377 g/mol. The highest BCUT2D eigenvalue weighted by Crippen LogP contribution is 2.26. The SMILES string of the molecule is CCCCOC[C@H]1O[C@H](OC)[C@@H](O)C[C@@H](OCCCC)[C@@H]1OCCCC. The molecule has 1 heterocycles. The molecule has 6 heteroatoms. The van der Waals surface area contributed by atoms with Gasteiger partial charge in [-0.05, 0) is 19.3 Å². The van der Waals surface area contributed by atoms with Crippen LogP contribution in [0.25, 0.3) is 0 Å². The Balaban J connectivity index is 2.82. The zero-order chi connectivity index (χ0) is 19.2. The van der Waals surface area contributed by atoms with Gasteiger partial charge in [-0.25, -0.2) is 0 Å². The van der Waals surface area contributed by atoms with Gasteiger partial charge >= 0.3 is 0 Å². The summed E-state index contributed by atoms with van der Waals surface area (Å²) in [7, 11) is 1.55. The fraction of sp³-hybridized carbons (Fsp3) is 1.00. The highest BCUT2D eigenvalue weighted by molar-refractivity contribution is 4.87. The molecule has 26 heavy (non-hydrogen) atoms.